The highest BCUT2D eigenvalue weighted by atomic mass is 79.9. The molecule has 3 aromatic rings. The Morgan fingerprint density at radius 3 is 2.68 bits per heavy atom. The number of halogens is 1. The van der Waals surface area contributed by atoms with E-state index >= 15 is 0 Å². The summed E-state index contributed by atoms with van der Waals surface area (Å²) in [5, 5.41) is 0. The SMILES string of the molecule is Cc1ccc2c(c1)[nH]c(=S)n2-c1cc(Br)ccc1C. The molecule has 0 bridgehead atoms. The third-order valence-electron chi connectivity index (χ3n) is 3.25. The summed E-state index contributed by atoms with van der Waals surface area (Å²) in [5.41, 5.74) is 5.71. The third-order valence-corrected chi connectivity index (χ3v) is 4.03. The van der Waals surface area contributed by atoms with Crippen LogP contribution in [0.2, 0.25) is 0 Å². The van der Waals surface area contributed by atoms with Crippen molar-refractivity contribution in [2.24, 2.45) is 0 Å². The Balaban J connectivity index is 2.39. The van der Waals surface area contributed by atoms with E-state index in [9.17, 15) is 0 Å². The molecule has 0 amide bonds. The zero-order valence-electron chi connectivity index (χ0n) is 10.7. The van der Waals surface area contributed by atoms with Crippen molar-refractivity contribution in [1.82, 2.24) is 9.55 Å². The topological polar surface area (TPSA) is 20.7 Å². The minimum Gasteiger partial charge on any atom is -0.330 e. The van der Waals surface area contributed by atoms with E-state index in [-0.39, 0.29) is 0 Å². The maximum atomic E-state index is 5.47. The van der Waals surface area contributed by atoms with E-state index in [1.54, 1.807) is 0 Å². The molecule has 0 aliphatic carbocycles. The summed E-state index contributed by atoms with van der Waals surface area (Å²) in [4.78, 5) is 3.28. The summed E-state index contributed by atoms with van der Waals surface area (Å²) >= 11 is 9.00. The summed E-state index contributed by atoms with van der Waals surface area (Å²) in [5.74, 6) is 0. The van der Waals surface area contributed by atoms with Gasteiger partial charge in [-0.05, 0) is 61.5 Å². The lowest BCUT2D eigenvalue weighted by molar-refractivity contribution is 1.05. The second-order valence-electron chi connectivity index (χ2n) is 4.72. The number of benzene rings is 2. The Hall–Kier alpha value is -1.39. The lowest BCUT2D eigenvalue weighted by Crippen LogP contribution is -1.97. The normalized spacial score (nSPS) is 11.1. The average Bonchev–Trinajstić information content (AvgIpc) is 2.67. The fraction of sp³-hybridized carbons (Fsp3) is 0.133. The second-order valence-corrected chi connectivity index (χ2v) is 6.02. The molecular formula is C15H13BrN2S. The number of fused-ring (bicyclic) bond motifs is 1. The molecule has 0 fully saturated rings. The van der Waals surface area contributed by atoms with E-state index in [0.717, 1.165) is 26.0 Å². The fourth-order valence-electron chi connectivity index (χ4n) is 2.29. The molecule has 0 saturated carbocycles. The second kappa shape index (κ2) is 4.62. The van der Waals surface area contributed by atoms with Crippen molar-refractivity contribution in [3.05, 3.63) is 56.8 Å². The van der Waals surface area contributed by atoms with Crippen LogP contribution in [0, 0.1) is 18.6 Å². The molecule has 4 heteroatoms. The van der Waals surface area contributed by atoms with Crippen LogP contribution >= 0.6 is 28.1 Å². The number of aryl methyl sites for hydroxylation is 2. The van der Waals surface area contributed by atoms with Gasteiger partial charge in [0.1, 0.15) is 0 Å². The Morgan fingerprint density at radius 2 is 1.89 bits per heavy atom. The van der Waals surface area contributed by atoms with Crippen LogP contribution in [0.1, 0.15) is 11.1 Å². The Bertz CT molecular complexity index is 830. The molecule has 1 N–H and O–H groups in total. The number of hydrogen-bond donors (Lipinski definition) is 1. The molecule has 2 aromatic carbocycles. The van der Waals surface area contributed by atoms with Crippen LogP contribution in [0.3, 0.4) is 0 Å². The summed E-state index contributed by atoms with van der Waals surface area (Å²) < 4.78 is 3.86. The van der Waals surface area contributed by atoms with Gasteiger partial charge in [0.25, 0.3) is 0 Å². The van der Waals surface area contributed by atoms with Crippen LogP contribution in [-0.2, 0) is 0 Å². The molecule has 0 radical (unpaired) electrons. The first-order valence-corrected chi connectivity index (χ1v) is 7.24. The predicted octanol–water partition coefficient (Wildman–Crippen LogP) is 5.07. The molecule has 0 spiro atoms. The summed E-state index contributed by atoms with van der Waals surface area (Å²) in [7, 11) is 0. The van der Waals surface area contributed by atoms with Crippen molar-refractivity contribution in [2.75, 3.05) is 0 Å². The van der Waals surface area contributed by atoms with Gasteiger partial charge in [0.05, 0.1) is 16.7 Å². The molecule has 96 valence electrons. The van der Waals surface area contributed by atoms with E-state index in [4.69, 9.17) is 12.2 Å². The Morgan fingerprint density at radius 1 is 1.11 bits per heavy atom. The number of imidazole rings is 1. The van der Waals surface area contributed by atoms with Crippen LogP contribution in [0.25, 0.3) is 16.7 Å². The van der Waals surface area contributed by atoms with Gasteiger partial charge in [0.2, 0.25) is 0 Å². The molecule has 0 saturated heterocycles. The first kappa shape index (κ1) is 12.6. The highest BCUT2D eigenvalue weighted by molar-refractivity contribution is 9.10. The molecule has 1 aromatic heterocycles. The number of aromatic amines is 1. The van der Waals surface area contributed by atoms with E-state index in [1.807, 2.05) is 6.07 Å². The van der Waals surface area contributed by atoms with Gasteiger partial charge in [0, 0.05) is 4.47 Å². The van der Waals surface area contributed by atoms with E-state index in [0.29, 0.717) is 0 Å². The molecule has 3 rings (SSSR count). The number of aromatic nitrogens is 2. The van der Waals surface area contributed by atoms with Crippen molar-refractivity contribution < 1.29 is 0 Å². The van der Waals surface area contributed by atoms with E-state index < -0.39 is 0 Å². The molecule has 1 heterocycles. The minimum atomic E-state index is 0.724. The zero-order valence-corrected chi connectivity index (χ0v) is 13.1. The number of hydrogen-bond acceptors (Lipinski definition) is 1. The average molecular weight is 333 g/mol. The standard InChI is InChI=1S/C15H13BrN2S/c1-9-3-6-13-12(7-9)17-15(19)18(13)14-8-11(16)5-4-10(14)2/h3-8H,1-2H3,(H,17,19). The van der Waals surface area contributed by atoms with Crippen molar-refractivity contribution in [2.45, 2.75) is 13.8 Å². The van der Waals surface area contributed by atoms with Crippen LogP contribution < -0.4 is 0 Å². The summed E-state index contributed by atoms with van der Waals surface area (Å²) in [6, 6.07) is 12.6. The Kier molecular flexibility index (Phi) is 3.07. The monoisotopic (exact) mass is 332 g/mol. The van der Waals surface area contributed by atoms with Gasteiger partial charge in [-0.25, -0.2) is 0 Å². The molecule has 0 atom stereocenters. The van der Waals surface area contributed by atoms with Gasteiger partial charge in [-0.15, -0.1) is 0 Å². The predicted molar refractivity (Wildman–Crippen MR) is 85.6 cm³/mol. The van der Waals surface area contributed by atoms with Gasteiger partial charge >= 0.3 is 0 Å². The van der Waals surface area contributed by atoms with E-state index in [2.05, 4.69) is 69.7 Å². The van der Waals surface area contributed by atoms with Gasteiger partial charge in [-0.2, -0.15) is 0 Å². The summed E-state index contributed by atoms with van der Waals surface area (Å²) in [6.07, 6.45) is 0. The highest BCUT2D eigenvalue weighted by Gasteiger charge is 2.09. The summed E-state index contributed by atoms with van der Waals surface area (Å²) in [6.45, 7) is 4.18. The highest BCUT2D eigenvalue weighted by Crippen LogP contribution is 2.25. The molecule has 0 aliphatic heterocycles. The van der Waals surface area contributed by atoms with Crippen molar-refractivity contribution >= 4 is 39.2 Å². The molecule has 19 heavy (non-hydrogen) atoms. The maximum Gasteiger partial charge on any atom is 0.182 e. The first-order valence-electron chi connectivity index (χ1n) is 6.04. The van der Waals surface area contributed by atoms with Crippen LogP contribution in [0.4, 0.5) is 0 Å². The minimum absolute atomic E-state index is 0.724. The lowest BCUT2D eigenvalue weighted by Gasteiger charge is -2.09. The van der Waals surface area contributed by atoms with Crippen molar-refractivity contribution in [3.63, 3.8) is 0 Å². The zero-order chi connectivity index (χ0) is 13.6. The number of nitrogens with zero attached hydrogens (tertiary/aromatic N) is 1. The fourth-order valence-corrected chi connectivity index (χ4v) is 2.94. The largest absolute Gasteiger partial charge is 0.330 e. The smallest absolute Gasteiger partial charge is 0.182 e. The number of rotatable bonds is 1. The van der Waals surface area contributed by atoms with Crippen molar-refractivity contribution in [1.29, 1.82) is 0 Å². The molecular weight excluding hydrogens is 320 g/mol. The van der Waals surface area contributed by atoms with Crippen LogP contribution in [0.5, 0.6) is 0 Å². The number of nitrogens with one attached hydrogen (secondary N) is 1. The quantitative estimate of drug-likeness (QED) is 0.617. The van der Waals surface area contributed by atoms with Crippen LogP contribution in [-0.4, -0.2) is 9.55 Å². The third kappa shape index (κ3) is 2.15. The van der Waals surface area contributed by atoms with Crippen molar-refractivity contribution in [3.8, 4) is 5.69 Å². The van der Waals surface area contributed by atoms with E-state index in [1.165, 1.54) is 11.1 Å². The van der Waals surface area contributed by atoms with Gasteiger partial charge in [0.15, 0.2) is 4.77 Å². The molecule has 0 aliphatic rings. The molecule has 2 nitrogen and oxygen atoms in total. The van der Waals surface area contributed by atoms with Gasteiger partial charge in [-0.1, -0.05) is 28.1 Å². The van der Waals surface area contributed by atoms with Gasteiger partial charge < -0.3 is 4.98 Å². The molecule has 0 unspecified atom stereocenters. The van der Waals surface area contributed by atoms with Gasteiger partial charge in [-0.3, -0.25) is 4.57 Å². The first-order chi connectivity index (χ1) is 9.06. The number of H-pyrrole nitrogens is 1. The lowest BCUT2D eigenvalue weighted by atomic mass is 10.2. The Labute approximate surface area is 125 Å². The maximum absolute atomic E-state index is 5.47. The van der Waals surface area contributed by atoms with Crippen LogP contribution in [0.15, 0.2) is 40.9 Å².